The number of carbonyl (C=O) groups is 2. The predicted octanol–water partition coefficient (Wildman–Crippen LogP) is 4.25. The van der Waals surface area contributed by atoms with E-state index in [2.05, 4.69) is 15.0 Å². The molecule has 34 heavy (non-hydrogen) atoms. The predicted molar refractivity (Wildman–Crippen MR) is 135 cm³/mol. The van der Waals surface area contributed by atoms with E-state index in [9.17, 15) is 18.0 Å². The van der Waals surface area contributed by atoms with Crippen LogP contribution in [0.3, 0.4) is 0 Å². The number of halogens is 1. The molecule has 3 heterocycles. The minimum absolute atomic E-state index is 0.0828. The molecule has 0 aliphatic carbocycles. The average molecular weight is 519 g/mol. The van der Waals surface area contributed by atoms with Gasteiger partial charge in [0, 0.05) is 40.9 Å². The normalized spacial score (nSPS) is 13.6. The van der Waals surface area contributed by atoms with Gasteiger partial charge in [0.1, 0.15) is 0 Å². The fourth-order valence-electron chi connectivity index (χ4n) is 3.79. The molecule has 8 nitrogen and oxygen atoms in total. The van der Waals surface area contributed by atoms with Crippen LogP contribution < -0.4 is 10.0 Å². The van der Waals surface area contributed by atoms with Crippen molar-refractivity contribution in [3.63, 3.8) is 0 Å². The molecule has 1 aliphatic rings. The molecular weight excluding hydrogens is 496 g/mol. The third kappa shape index (κ3) is 6.13. The first kappa shape index (κ1) is 24.2. The summed E-state index contributed by atoms with van der Waals surface area (Å²) in [6, 6.07) is 9.88. The first-order valence-electron chi connectivity index (χ1n) is 10.6. The highest BCUT2D eigenvalue weighted by Gasteiger charge is 2.21. The molecule has 3 aromatic rings. The lowest BCUT2D eigenvalue weighted by atomic mass is 10.0. The van der Waals surface area contributed by atoms with Crippen LogP contribution in [-0.4, -0.2) is 49.5 Å². The van der Waals surface area contributed by atoms with Crippen LogP contribution in [0.2, 0.25) is 5.02 Å². The summed E-state index contributed by atoms with van der Waals surface area (Å²) >= 11 is 7.33. The monoisotopic (exact) mass is 518 g/mol. The van der Waals surface area contributed by atoms with Crippen molar-refractivity contribution >= 4 is 56.2 Å². The maximum Gasteiger partial charge on any atom is 0.265 e. The van der Waals surface area contributed by atoms with E-state index < -0.39 is 10.0 Å². The number of thiophene rings is 1. The zero-order chi connectivity index (χ0) is 24.3. The van der Waals surface area contributed by atoms with E-state index in [1.54, 1.807) is 18.3 Å². The van der Waals surface area contributed by atoms with E-state index in [0.29, 0.717) is 16.3 Å². The molecular formula is C23H23ClN4O4S2. The molecule has 1 aliphatic heterocycles. The van der Waals surface area contributed by atoms with Gasteiger partial charge in [-0.1, -0.05) is 17.7 Å². The Morgan fingerprint density at radius 3 is 2.62 bits per heavy atom. The number of pyridine rings is 1. The first-order chi connectivity index (χ1) is 16.2. The van der Waals surface area contributed by atoms with Gasteiger partial charge in [-0.3, -0.25) is 19.3 Å². The summed E-state index contributed by atoms with van der Waals surface area (Å²) in [6.45, 7) is 1.59. The molecule has 0 atom stereocenters. The summed E-state index contributed by atoms with van der Waals surface area (Å²) < 4.78 is 25.4. The number of likely N-dealkylation sites (tertiary alicyclic amines) is 1. The van der Waals surface area contributed by atoms with Crippen LogP contribution in [0.1, 0.15) is 28.1 Å². The topological polar surface area (TPSA) is 108 Å². The molecule has 178 valence electrons. The zero-order valence-corrected chi connectivity index (χ0v) is 20.8. The number of aromatic nitrogens is 1. The lowest BCUT2D eigenvalue weighted by Gasteiger charge is -2.16. The average Bonchev–Trinajstić information content (AvgIpc) is 3.45. The van der Waals surface area contributed by atoms with Crippen LogP contribution in [0.15, 0.2) is 48.0 Å². The Hall–Kier alpha value is -2.95. The second-order valence-corrected chi connectivity index (χ2v) is 11.1. The number of nitrogens with one attached hydrogen (secondary N) is 2. The second-order valence-electron chi connectivity index (χ2n) is 8.03. The van der Waals surface area contributed by atoms with E-state index in [1.165, 1.54) is 29.5 Å². The Morgan fingerprint density at radius 2 is 1.88 bits per heavy atom. The van der Waals surface area contributed by atoms with Crippen LogP contribution >= 0.6 is 22.9 Å². The second kappa shape index (κ2) is 10.1. The molecule has 4 rings (SSSR count). The Labute approximate surface area is 207 Å². The van der Waals surface area contributed by atoms with Gasteiger partial charge in [-0.15, -0.1) is 11.3 Å². The van der Waals surface area contributed by atoms with Crippen LogP contribution in [0.25, 0.3) is 11.3 Å². The van der Waals surface area contributed by atoms with Crippen molar-refractivity contribution in [2.75, 3.05) is 29.4 Å². The quantitative estimate of drug-likeness (QED) is 0.486. The molecule has 1 saturated heterocycles. The number of rotatable bonds is 7. The fourth-order valence-corrected chi connectivity index (χ4v) is 5.36. The Kier molecular flexibility index (Phi) is 7.20. The smallest absolute Gasteiger partial charge is 0.265 e. The molecule has 1 fully saturated rings. The van der Waals surface area contributed by atoms with Crippen LogP contribution in [0, 0.1) is 0 Å². The van der Waals surface area contributed by atoms with E-state index >= 15 is 0 Å². The van der Waals surface area contributed by atoms with Gasteiger partial charge in [-0.2, -0.15) is 0 Å². The molecule has 0 unspecified atom stereocenters. The molecule has 0 spiro atoms. The lowest BCUT2D eigenvalue weighted by Crippen LogP contribution is -2.29. The molecule has 2 N–H and O–H groups in total. The minimum atomic E-state index is -3.49. The summed E-state index contributed by atoms with van der Waals surface area (Å²) in [5.41, 5.74) is 2.85. The molecule has 0 saturated carbocycles. The number of amides is 2. The Bertz CT molecular complexity index is 1330. The van der Waals surface area contributed by atoms with Crippen molar-refractivity contribution in [2.45, 2.75) is 19.3 Å². The highest BCUT2D eigenvalue weighted by molar-refractivity contribution is 7.92. The van der Waals surface area contributed by atoms with Gasteiger partial charge in [-0.25, -0.2) is 8.42 Å². The standard InChI is InChI=1S/C23H23ClN4O4S2/c1-34(31,32)27-19-12-17(24)11-18(13-19)26-23(30)20-9-16(14-33-20)22-15(5-4-6-25-22)10-21(29)28-7-2-3-8-28/h4-6,9,11-14,27H,2-3,7-8,10H2,1H3,(H,26,30). The summed E-state index contributed by atoms with van der Waals surface area (Å²) in [6.07, 6.45) is 5.03. The molecule has 11 heteroatoms. The number of carbonyl (C=O) groups excluding carboxylic acids is 2. The summed E-state index contributed by atoms with van der Waals surface area (Å²) in [7, 11) is -3.49. The van der Waals surface area contributed by atoms with Crippen LogP contribution in [0.4, 0.5) is 11.4 Å². The van der Waals surface area contributed by atoms with Gasteiger partial charge >= 0.3 is 0 Å². The van der Waals surface area contributed by atoms with Gasteiger partial charge < -0.3 is 10.2 Å². The van der Waals surface area contributed by atoms with Crippen molar-refractivity contribution in [2.24, 2.45) is 0 Å². The van der Waals surface area contributed by atoms with Crippen molar-refractivity contribution in [3.05, 3.63) is 63.4 Å². The van der Waals surface area contributed by atoms with Crippen molar-refractivity contribution < 1.29 is 18.0 Å². The number of sulfonamides is 1. The lowest BCUT2D eigenvalue weighted by molar-refractivity contribution is -0.129. The van der Waals surface area contributed by atoms with Gasteiger partial charge in [0.05, 0.1) is 28.9 Å². The maximum atomic E-state index is 12.8. The van der Waals surface area contributed by atoms with Gasteiger partial charge in [0.15, 0.2) is 0 Å². The van der Waals surface area contributed by atoms with E-state index in [0.717, 1.165) is 43.3 Å². The number of hydrogen-bond donors (Lipinski definition) is 2. The number of hydrogen-bond acceptors (Lipinski definition) is 6. The van der Waals surface area contributed by atoms with Gasteiger partial charge in [-0.05, 0) is 48.7 Å². The largest absolute Gasteiger partial charge is 0.342 e. The highest BCUT2D eigenvalue weighted by atomic mass is 35.5. The maximum absolute atomic E-state index is 12.8. The summed E-state index contributed by atoms with van der Waals surface area (Å²) in [5.74, 6) is -0.283. The zero-order valence-electron chi connectivity index (χ0n) is 18.4. The Balaban J connectivity index is 1.51. The van der Waals surface area contributed by atoms with Crippen molar-refractivity contribution in [3.8, 4) is 11.3 Å². The van der Waals surface area contributed by atoms with E-state index in [-0.39, 0.29) is 28.9 Å². The van der Waals surface area contributed by atoms with Crippen LogP contribution in [-0.2, 0) is 21.2 Å². The first-order valence-corrected chi connectivity index (χ1v) is 13.7. The number of anilines is 2. The molecule has 0 bridgehead atoms. The van der Waals surface area contributed by atoms with E-state index in [1.807, 2.05) is 16.3 Å². The van der Waals surface area contributed by atoms with E-state index in [4.69, 9.17) is 11.6 Å². The third-order valence-corrected chi connectivity index (χ3v) is 7.00. The molecule has 1 aromatic carbocycles. The Morgan fingerprint density at radius 1 is 1.15 bits per heavy atom. The van der Waals surface area contributed by atoms with Crippen molar-refractivity contribution in [1.82, 2.24) is 9.88 Å². The number of benzene rings is 1. The van der Waals surface area contributed by atoms with Crippen molar-refractivity contribution in [1.29, 1.82) is 0 Å². The molecule has 2 amide bonds. The number of nitrogens with zero attached hydrogens (tertiary/aromatic N) is 2. The summed E-state index contributed by atoms with van der Waals surface area (Å²) in [4.78, 5) is 32.3. The summed E-state index contributed by atoms with van der Waals surface area (Å²) in [5, 5.41) is 4.85. The van der Waals surface area contributed by atoms with Gasteiger partial charge in [0.25, 0.3) is 5.91 Å². The fraction of sp³-hybridized carbons (Fsp3) is 0.261. The molecule has 2 aromatic heterocycles. The highest BCUT2D eigenvalue weighted by Crippen LogP contribution is 2.29. The third-order valence-electron chi connectivity index (χ3n) is 5.25. The van der Waals surface area contributed by atoms with Crippen LogP contribution in [0.5, 0.6) is 0 Å². The van der Waals surface area contributed by atoms with Gasteiger partial charge in [0.2, 0.25) is 15.9 Å². The minimum Gasteiger partial charge on any atom is -0.342 e. The molecule has 0 radical (unpaired) electrons. The SMILES string of the molecule is CS(=O)(=O)Nc1cc(Cl)cc(NC(=O)c2cc(-c3ncccc3CC(=O)N3CCCC3)cs2)c1.